The van der Waals surface area contributed by atoms with E-state index in [9.17, 15) is 9.59 Å². The zero-order valence-electron chi connectivity index (χ0n) is 18.7. The van der Waals surface area contributed by atoms with Gasteiger partial charge in [0.15, 0.2) is 0 Å². The maximum Gasteiger partial charge on any atom is 0.314 e. The average Bonchev–Trinajstić information content (AvgIpc) is 3.10. The molecule has 166 valence electrons. The minimum Gasteiger partial charge on any atom is -0.466 e. The maximum atomic E-state index is 13.0. The van der Waals surface area contributed by atoms with Crippen LogP contribution in [0, 0.1) is 19.3 Å². The Morgan fingerprint density at radius 3 is 2.71 bits per heavy atom. The molecule has 1 aromatic carbocycles. The molecular weight excluding hydrogens is 392 g/mol. The number of benzene rings is 1. The molecular formula is C25H32N2O4. The van der Waals surface area contributed by atoms with Crippen LogP contribution in [0.1, 0.15) is 55.2 Å². The van der Waals surface area contributed by atoms with Crippen molar-refractivity contribution in [2.45, 2.75) is 52.9 Å². The number of rotatable bonds is 8. The van der Waals surface area contributed by atoms with E-state index in [4.69, 9.17) is 9.26 Å². The van der Waals surface area contributed by atoms with Crippen molar-refractivity contribution >= 4 is 18.0 Å². The zero-order valence-corrected chi connectivity index (χ0v) is 18.7. The molecule has 2 aromatic rings. The van der Waals surface area contributed by atoms with E-state index in [0.717, 1.165) is 35.4 Å². The molecule has 0 bridgehead atoms. The lowest BCUT2D eigenvalue weighted by Gasteiger charge is -2.40. The summed E-state index contributed by atoms with van der Waals surface area (Å²) in [6.07, 6.45) is 7.09. The highest BCUT2D eigenvalue weighted by molar-refractivity contribution is 5.81. The molecule has 1 aromatic heterocycles. The van der Waals surface area contributed by atoms with Gasteiger partial charge in [-0.15, -0.1) is 0 Å². The molecule has 0 saturated carbocycles. The highest BCUT2D eigenvalue weighted by Gasteiger charge is 2.43. The van der Waals surface area contributed by atoms with Gasteiger partial charge >= 0.3 is 5.97 Å². The van der Waals surface area contributed by atoms with Crippen LogP contribution < -0.4 is 0 Å². The third-order valence-corrected chi connectivity index (χ3v) is 6.03. The van der Waals surface area contributed by atoms with Gasteiger partial charge in [-0.25, -0.2) is 0 Å². The number of carbonyl (C=O) groups is 2. The first-order valence-corrected chi connectivity index (χ1v) is 11.0. The summed E-state index contributed by atoms with van der Waals surface area (Å²) in [5.41, 5.74) is 2.21. The summed E-state index contributed by atoms with van der Waals surface area (Å²) in [5, 5.41) is 3.96. The molecule has 31 heavy (non-hydrogen) atoms. The first-order chi connectivity index (χ1) is 14.9. The molecule has 0 radical (unpaired) electrons. The Morgan fingerprint density at radius 1 is 1.26 bits per heavy atom. The Kier molecular flexibility index (Phi) is 7.66. The Labute approximate surface area is 184 Å². The van der Waals surface area contributed by atoms with Crippen LogP contribution in [0.3, 0.4) is 0 Å². The number of amides is 1. The number of piperidine rings is 1. The van der Waals surface area contributed by atoms with Gasteiger partial charge in [0, 0.05) is 25.1 Å². The highest BCUT2D eigenvalue weighted by Crippen LogP contribution is 2.36. The van der Waals surface area contributed by atoms with E-state index in [0.29, 0.717) is 39.0 Å². The quantitative estimate of drug-likeness (QED) is 0.584. The van der Waals surface area contributed by atoms with Crippen molar-refractivity contribution in [3.63, 3.8) is 0 Å². The second-order valence-electron chi connectivity index (χ2n) is 8.24. The fourth-order valence-corrected chi connectivity index (χ4v) is 4.28. The van der Waals surface area contributed by atoms with E-state index < -0.39 is 5.41 Å². The van der Waals surface area contributed by atoms with Crippen LogP contribution in [0.25, 0.3) is 6.08 Å². The molecule has 1 aliphatic heterocycles. The summed E-state index contributed by atoms with van der Waals surface area (Å²) in [5.74, 6) is 0.604. The van der Waals surface area contributed by atoms with Crippen LogP contribution >= 0.6 is 0 Å². The van der Waals surface area contributed by atoms with Gasteiger partial charge in [-0.3, -0.25) is 9.59 Å². The lowest BCUT2D eigenvalue weighted by Crippen LogP contribution is -2.50. The van der Waals surface area contributed by atoms with Crippen molar-refractivity contribution in [1.82, 2.24) is 10.1 Å². The van der Waals surface area contributed by atoms with E-state index in [1.54, 1.807) is 0 Å². The number of ether oxygens (including phenoxy) is 1. The number of aromatic nitrogens is 1. The standard InChI is InChI=1S/C25H32N2O4/c1-4-30-24(29)25(15-8-12-21-10-6-5-7-11-21)16-9-17-27(18-25)23(28)14-13-22-19(2)26-31-20(22)3/h5-8,10-12H,4,9,13-18H2,1-3H3/b12-8+/t25-/m1/s1. The monoisotopic (exact) mass is 424 g/mol. The molecule has 1 fully saturated rings. The van der Waals surface area contributed by atoms with Crippen LogP contribution in [-0.2, 0) is 20.7 Å². The summed E-state index contributed by atoms with van der Waals surface area (Å²) in [6.45, 7) is 6.98. The molecule has 0 spiro atoms. The van der Waals surface area contributed by atoms with Gasteiger partial charge in [-0.2, -0.15) is 0 Å². The summed E-state index contributed by atoms with van der Waals surface area (Å²) in [4.78, 5) is 27.8. The van der Waals surface area contributed by atoms with Gasteiger partial charge < -0.3 is 14.2 Å². The van der Waals surface area contributed by atoms with Crippen LogP contribution in [0.15, 0.2) is 40.9 Å². The molecule has 2 heterocycles. The minimum atomic E-state index is -0.696. The number of allylic oxidation sites excluding steroid dienone is 1. The van der Waals surface area contributed by atoms with Gasteiger partial charge in [-0.05, 0) is 52.0 Å². The molecule has 1 aliphatic rings. The van der Waals surface area contributed by atoms with Crippen molar-refractivity contribution in [3.05, 3.63) is 59.0 Å². The first kappa shape index (κ1) is 22.8. The fourth-order valence-electron chi connectivity index (χ4n) is 4.28. The number of aryl methyl sites for hydroxylation is 2. The summed E-state index contributed by atoms with van der Waals surface area (Å²) in [6, 6.07) is 10.0. The Hall–Kier alpha value is -2.89. The topological polar surface area (TPSA) is 72.6 Å². The zero-order chi connectivity index (χ0) is 22.3. The largest absolute Gasteiger partial charge is 0.466 e. The smallest absolute Gasteiger partial charge is 0.314 e. The highest BCUT2D eigenvalue weighted by atomic mass is 16.5. The third kappa shape index (κ3) is 5.63. The van der Waals surface area contributed by atoms with Crippen LogP contribution in [0.4, 0.5) is 0 Å². The summed E-state index contributed by atoms with van der Waals surface area (Å²) < 4.78 is 10.6. The molecule has 6 heteroatoms. The third-order valence-electron chi connectivity index (χ3n) is 6.03. The number of hydrogen-bond acceptors (Lipinski definition) is 5. The predicted molar refractivity (Wildman–Crippen MR) is 119 cm³/mol. The van der Waals surface area contributed by atoms with Crippen LogP contribution in [0.2, 0.25) is 0 Å². The van der Waals surface area contributed by atoms with Crippen LogP contribution in [-0.4, -0.2) is 41.6 Å². The van der Waals surface area contributed by atoms with Crippen molar-refractivity contribution in [2.75, 3.05) is 19.7 Å². The molecule has 1 amide bonds. The number of hydrogen-bond donors (Lipinski definition) is 0. The first-order valence-electron chi connectivity index (χ1n) is 11.0. The molecule has 1 saturated heterocycles. The molecule has 1 atom stereocenters. The van der Waals surface area contributed by atoms with Gasteiger partial charge in [0.1, 0.15) is 5.76 Å². The number of nitrogens with zero attached hydrogens (tertiary/aromatic N) is 2. The SMILES string of the molecule is CCOC(=O)[C@]1(C/C=C/c2ccccc2)CCCN(C(=O)CCc2c(C)noc2C)C1. The molecule has 0 aliphatic carbocycles. The van der Waals surface area contributed by atoms with Crippen molar-refractivity contribution in [3.8, 4) is 0 Å². The number of likely N-dealkylation sites (tertiary alicyclic amines) is 1. The fraction of sp³-hybridized carbons (Fsp3) is 0.480. The molecule has 6 nitrogen and oxygen atoms in total. The van der Waals surface area contributed by atoms with Crippen molar-refractivity contribution in [1.29, 1.82) is 0 Å². The van der Waals surface area contributed by atoms with Gasteiger partial charge in [-0.1, -0.05) is 47.6 Å². The van der Waals surface area contributed by atoms with E-state index in [-0.39, 0.29) is 11.9 Å². The second-order valence-corrected chi connectivity index (χ2v) is 8.24. The second kappa shape index (κ2) is 10.4. The maximum absolute atomic E-state index is 13.0. The van der Waals surface area contributed by atoms with Crippen molar-refractivity contribution < 1.29 is 18.8 Å². The predicted octanol–water partition coefficient (Wildman–Crippen LogP) is 4.50. The van der Waals surface area contributed by atoms with E-state index in [1.165, 1.54) is 0 Å². The number of esters is 1. The summed E-state index contributed by atoms with van der Waals surface area (Å²) >= 11 is 0. The molecule has 0 N–H and O–H groups in total. The van der Waals surface area contributed by atoms with Crippen molar-refractivity contribution in [2.24, 2.45) is 5.41 Å². The van der Waals surface area contributed by atoms with E-state index >= 15 is 0 Å². The Morgan fingerprint density at radius 2 is 2.03 bits per heavy atom. The number of carbonyl (C=O) groups excluding carboxylic acids is 2. The molecule has 0 unspecified atom stereocenters. The minimum absolute atomic E-state index is 0.0559. The normalized spacial score (nSPS) is 19.0. The molecule has 3 rings (SSSR count). The van der Waals surface area contributed by atoms with E-state index in [1.807, 2.05) is 68.2 Å². The Balaban J connectivity index is 1.69. The van der Waals surface area contributed by atoms with Gasteiger partial charge in [0.2, 0.25) is 5.91 Å². The Bertz CT molecular complexity index is 899. The van der Waals surface area contributed by atoms with Gasteiger partial charge in [0.05, 0.1) is 17.7 Å². The van der Waals surface area contributed by atoms with E-state index in [2.05, 4.69) is 5.16 Å². The lowest BCUT2D eigenvalue weighted by molar-refractivity contribution is -0.160. The summed E-state index contributed by atoms with van der Waals surface area (Å²) in [7, 11) is 0. The van der Waals surface area contributed by atoms with Gasteiger partial charge in [0.25, 0.3) is 0 Å². The average molecular weight is 425 g/mol. The van der Waals surface area contributed by atoms with Crippen LogP contribution in [0.5, 0.6) is 0 Å². The lowest BCUT2D eigenvalue weighted by atomic mass is 9.76.